The van der Waals surface area contributed by atoms with Crippen LogP contribution in [0.15, 0.2) is 36.8 Å². The molecule has 2 aromatic rings. The van der Waals surface area contributed by atoms with Gasteiger partial charge in [-0.1, -0.05) is 12.1 Å². The van der Waals surface area contributed by atoms with Crippen LogP contribution in [0.2, 0.25) is 0 Å². The van der Waals surface area contributed by atoms with Crippen LogP contribution in [0.4, 0.5) is 0 Å². The number of rotatable bonds is 2. The van der Waals surface area contributed by atoms with Gasteiger partial charge in [0, 0.05) is 51.0 Å². The van der Waals surface area contributed by atoms with Crippen LogP contribution in [0.25, 0.3) is 0 Å². The number of piperazine rings is 1. The first kappa shape index (κ1) is 22.8. The summed E-state index contributed by atoms with van der Waals surface area (Å²) in [6.45, 7) is 2.64. The first-order valence-corrected chi connectivity index (χ1v) is 11.9. The number of amides is 2. The summed E-state index contributed by atoms with van der Waals surface area (Å²) >= 11 is 0. The third-order valence-corrected chi connectivity index (χ3v) is 6.85. The molecule has 3 N–H and O–H groups in total. The third kappa shape index (κ3) is 4.94. The Bertz CT molecular complexity index is 999. The van der Waals surface area contributed by atoms with E-state index >= 15 is 0 Å². The summed E-state index contributed by atoms with van der Waals surface area (Å²) in [5.74, 6) is 0.0394. The molecule has 5 rings (SSSR count). The summed E-state index contributed by atoms with van der Waals surface area (Å²) in [7, 11) is 0. The van der Waals surface area contributed by atoms with Crippen LogP contribution in [0.3, 0.4) is 0 Å². The molecule has 2 saturated heterocycles. The van der Waals surface area contributed by atoms with Crippen LogP contribution in [-0.2, 0) is 16.1 Å². The Hall–Kier alpha value is -2.95. The van der Waals surface area contributed by atoms with Crippen molar-refractivity contribution in [1.29, 1.82) is 0 Å². The molecule has 0 aliphatic carbocycles. The van der Waals surface area contributed by atoms with E-state index in [2.05, 4.69) is 20.2 Å². The van der Waals surface area contributed by atoms with Gasteiger partial charge in [-0.2, -0.15) is 0 Å². The molecule has 10 heteroatoms. The number of aliphatic hydroxyl groups is 1. The van der Waals surface area contributed by atoms with Crippen molar-refractivity contribution in [2.45, 2.75) is 50.2 Å². The average molecular weight is 470 g/mol. The first-order chi connectivity index (χ1) is 16.6. The molecule has 0 unspecified atom stereocenters. The standard InChI is InChI=1S/C24H31N5O5/c30-20-6-5-17-7-10-33-21-4-2-1-3-18(21)24(32)29-9-8-28(13-16-11-25-15-27-16)14-19(29)23(31)26-12-22(20)34-17/h1-4,11,15,17,19-20,22,30H,5-10,12-14H2,(H,25,27)(H,26,31)/t17-,19-,20-,22+/m0/s1. The summed E-state index contributed by atoms with van der Waals surface area (Å²) in [6, 6.07) is 6.50. The molecule has 4 atom stereocenters. The molecule has 0 saturated carbocycles. The number of carbonyl (C=O) groups is 2. The summed E-state index contributed by atoms with van der Waals surface area (Å²) < 4.78 is 12.1. The van der Waals surface area contributed by atoms with E-state index in [1.807, 2.05) is 12.1 Å². The summed E-state index contributed by atoms with van der Waals surface area (Å²) in [5, 5.41) is 13.4. The summed E-state index contributed by atoms with van der Waals surface area (Å²) in [4.78, 5) is 37.9. The van der Waals surface area contributed by atoms with Crippen molar-refractivity contribution in [3.8, 4) is 5.75 Å². The highest BCUT2D eigenvalue weighted by atomic mass is 16.5. The maximum absolute atomic E-state index is 13.6. The lowest BCUT2D eigenvalue weighted by molar-refractivity contribution is -0.135. The normalized spacial score (nSPS) is 28.8. The summed E-state index contributed by atoms with van der Waals surface area (Å²) in [6.07, 6.45) is 4.21. The zero-order valence-electron chi connectivity index (χ0n) is 19.1. The molecule has 1 aromatic carbocycles. The van der Waals surface area contributed by atoms with E-state index in [1.54, 1.807) is 29.6 Å². The Morgan fingerprint density at radius 2 is 2.03 bits per heavy atom. The molecular formula is C24H31N5O5. The van der Waals surface area contributed by atoms with E-state index in [0.717, 1.165) is 12.1 Å². The van der Waals surface area contributed by atoms with E-state index in [1.165, 1.54) is 0 Å². The van der Waals surface area contributed by atoms with Gasteiger partial charge in [-0.15, -0.1) is 0 Å². The molecular weight excluding hydrogens is 438 g/mol. The number of nitrogens with one attached hydrogen (secondary N) is 2. The molecule has 4 heterocycles. The maximum Gasteiger partial charge on any atom is 0.258 e. The van der Waals surface area contributed by atoms with Crippen molar-refractivity contribution in [3.05, 3.63) is 48.0 Å². The Balaban J connectivity index is 1.42. The second kappa shape index (κ2) is 10.1. The molecule has 2 amide bonds. The smallest absolute Gasteiger partial charge is 0.258 e. The lowest BCUT2D eigenvalue weighted by atomic mass is 9.99. The molecule has 3 aliphatic heterocycles. The van der Waals surface area contributed by atoms with Gasteiger partial charge in [0.1, 0.15) is 17.9 Å². The number of aliphatic hydroxyl groups excluding tert-OH is 1. The van der Waals surface area contributed by atoms with Crippen LogP contribution in [0.5, 0.6) is 5.75 Å². The minimum Gasteiger partial charge on any atom is -0.493 e. The second-order valence-electron chi connectivity index (χ2n) is 9.15. The van der Waals surface area contributed by atoms with E-state index < -0.39 is 18.2 Å². The number of hydrogen-bond donors (Lipinski definition) is 3. The zero-order valence-corrected chi connectivity index (χ0v) is 19.1. The van der Waals surface area contributed by atoms with E-state index in [-0.39, 0.29) is 24.5 Å². The monoisotopic (exact) mass is 469 g/mol. The molecule has 2 fully saturated rings. The second-order valence-corrected chi connectivity index (χ2v) is 9.15. The van der Waals surface area contributed by atoms with Gasteiger partial charge in [0.25, 0.3) is 5.91 Å². The third-order valence-electron chi connectivity index (χ3n) is 6.85. The lowest BCUT2D eigenvalue weighted by Gasteiger charge is -2.41. The van der Waals surface area contributed by atoms with Crippen LogP contribution >= 0.6 is 0 Å². The van der Waals surface area contributed by atoms with Gasteiger partial charge in [0.05, 0.1) is 30.7 Å². The van der Waals surface area contributed by atoms with Gasteiger partial charge in [-0.05, 0) is 25.0 Å². The highest BCUT2D eigenvalue weighted by molar-refractivity contribution is 6.00. The van der Waals surface area contributed by atoms with Crippen LogP contribution < -0.4 is 10.1 Å². The highest BCUT2D eigenvalue weighted by Crippen LogP contribution is 2.26. The Morgan fingerprint density at radius 1 is 1.15 bits per heavy atom. The van der Waals surface area contributed by atoms with Crippen LogP contribution in [0, 0.1) is 0 Å². The summed E-state index contributed by atoms with van der Waals surface area (Å²) in [5.41, 5.74) is 1.40. The van der Waals surface area contributed by atoms with Gasteiger partial charge in [-0.3, -0.25) is 14.5 Å². The molecule has 0 spiro atoms. The Kier molecular flexibility index (Phi) is 6.80. The minimum atomic E-state index is -0.684. The van der Waals surface area contributed by atoms with E-state index in [9.17, 15) is 14.7 Å². The van der Waals surface area contributed by atoms with Crippen molar-refractivity contribution >= 4 is 11.8 Å². The van der Waals surface area contributed by atoms with Crippen molar-refractivity contribution in [2.75, 3.05) is 32.8 Å². The molecule has 0 radical (unpaired) electrons. The fourth-order valence-corrected chi connectivity index (χ4v) is 4.95. The number of ether oxygens (including phenoxy) is 2. The zero-order chi connectivity index (χ0) is 23.5. The van der Waals surface area contributed by atoms with Crippen LogP contribution in [0.1, 0.15) is 35.3 Å². The fraction of sp³-hybridized carbons (Fsp3) is 0.542. The van der Waals surface area contributed by atoms with Crippen molar-refractivity contribution in [3.63, 3.8) is 0 Å². The predicted octanol–water partition coefficient (Wildman–Crippen LogP) is 0.544. The molecule has 1 aromatic heterocycles. The largest absolute Gasteiger partial charge is 0.493 e. The maximum atomic E-state index is 13.6. The van der Waals surface area contributed by atoms with Crippen molar-refractivity contribution in [1.82, 2.24) is 25.1 Å². The van der Waals surface area contributed by atoms with Gasteiger partial charge in [-0.25, -0.2) is 4.98 Å². The predicted molar refractivity (Wildman–Crippen MR) is 122 cm³/mol. The first-order valence-electron chi connectivity index (χ1n) is 11.9. The number of benzene rings is 1. The van der Waals surface area contributed by atoms with Crippen molar-refractivity contribution in [2.24, 2.45) is 0 Å². The number of imidazole rings is 1. The topological polar surface area (TPSA) is 120 Å². The molecule has 2 bridgehead atoms. The van der Waals surface area contributed by atoms with Gasteiger partial charge < -0.3 is 29.8 Å². The lowest BCUT2D eigenvalue weighted by Crippen LogP contribution is -2.61. The average Bonchev–Trinajstić information content (AvgIpc) is 3.36. The number of aromatic nitrogens is 2. The van der Waals surface area contributed by atoms with Crippen LogP contribution in [-0.4, -0.2) is 93.8 Å². The SMILES string of the molecule is O=C1NC[C@H]2O[C@H](CCOc3ccccc3C(=O)N3CCN(Cc4cnc[nH]4)C[C@@H]13)CC[C@@H]2O. The quantitative estimate of drug-likeness (QED) is 0.587. The Morgan fingerprint density at radius 3 is 2.88 bits per heavy atom. The van der Waals surface area contributed by atoms with Crippen molar-refractivity contribution < 1.29 is 24.2 Å². The van der Waals surface area contributed by atoms with Gasteiger partial charge in [0.15, 0.2) is 0 Å². The number of nitrogens with zero attached hydrogens (tertiary/aromatic N) is 3. The highest BCUT2D eigenvalue weighted by Gasteiger charge is 2.38. The molecule has 10 nitrogen and oxygen atoms in total. The minimum absolute atomic E-state index is 0.0628. The van der Waals surface area contributed by atoms with E-state index in [4.69, 9.17) is 9.47 Å². The number of fused-ring (bicyclic) bond motifs is 4. The van der Waals surface area contributed by atoms with Gasteiger partial charge in [0.2, 0.25) is 5.91 Å². The number of para-hydroxylation sites is 1. The Labute approximate surface area is 198 Å². The van der Waals surface area contributed by atoms with E-state index in [0.29, 0.717) is 56.9 Å². The molecule has 3 aliphatic rings. The molecule has 34 heavy (non-hydrogen) atoms. The number of hydrogen-bond acceptors (Lipinski definition) is 7. The number of aromatic amines is 1. The number of H-pyrrole nitrogens is 1. The molecule has 182 valence electrons. The van der Waals surface area contributed by atoms with Gasteiger partial charge >= 0.3 is 0 Å². The fourth-order valence-electron chi connectivity index (χ4n) is 4.95. The number of carbonyl (C=O) groups excluding carboxylic acids is 2.